The Morgan fingerprint density at radius 3 is 2.53 bits per heavy atom. The van der Waals surface area contributed by atoms with E-state index in [1.165, 1.54) is 36.2 Å². The van der Waals surface area contributed by atoms with E-state index in [1.807, 2.05) is 24.3 Å². The lowest BCUT2D eigenvalue weighted by atomic mass is 9.77. The van der Waals surface area contributed by atoms with Gasteiger partial charge in [-0.25, -0.2) is 0 Å². The number of hydrogen-bond donors (Lipinski definition) is 0. The Hall–Kier alpha value is -0.450. The van der Waals surface area contributed by atoms with Crippen molar-refractivity contribution in [2.24, 2.45) is 0 Å². The van der Waals surface area contributed by atoms with Crippen molar-refractivity contribution in [2.45, 2.75) is 25.2 Å². The van der Waals surface area contributed by atoms with Crippen molar-refractivity contribution in [3.8, 4) is 0 Å². The van der Waals surface area contributed by atoms with Crippen LogP contribution in [0.3, 0.4) is 0 Å². The van der Waals surface area contributed by atoms with Crippen LogP contribution in [0, 0.1) is 0 Å². The van der Waals surface area contributed by atoms with Gasteiger partial charge in [-0.1, -0.05) is 30.7 Å². The third-order valence-electron chi connectivity index (χ3n) is 3.62. The summed E-state index contributed by atoms with van der Waals surface area (Å²) in [5, 5.41) is 0. The van der Waals surface area contributed by atoms with E-state index in [2.05, 4.69) is 37.9 Å². The summed E-state index contributed by atoms with van der Waals surface area (Å²) in [6.07, 6.45) is 3.70. The number of ketones is 1. The van der Waals surface area contributed by atoms with Crippen molar-refractivity contribution >= 4 is 49.0 Å². The van der Waals surface area contributed by atoms with Gasteiger partial charge in [0.2, 0.25) is 5.78 Å². The zero-order chi connectivity index (χ0) is 13.4. The van der Waals surface area contributed by atoms with Crippen molar-refractivity contribution in [1.82, 2.24) is 0 Å². The van der Waals surface area contributed by atoms with Crippen LogP contribution in [0.1, 0.15) is 46.0 Å². The highest BCUT2D eigenvalue weighted by Gasteiger charge is 2.25. The average Bonchev–Trinajstić information content (AvgIpc) is 2.67. The molecule has 0 spiro atoms. The van der Waals surface area contributed by atoms with Gasteiger partial charge in [-0.15, -0.1) is 11.3 Å². The first kappa shape index (κ1) is 13.5. The number of carbonyl (C=O) groups is 1. The minimum Gasteiger partial charge on any atom is -0.288 e. The van der Waals surface area contributed by atoms with Crippen LogP contribution in [0.2, 0.25) is 0 Å². The summed E-state index contributed by atoms with van der Waals surface area (Å²) in [5.41, 5.74) is 2.09. The van der Waals surface area contributed by atoms with Crippen LogP contribution in [-0.2, 0) is 0 Å². The molecule has 98 valence electrons. The molecule has 0 amide bonds. The van der Waals surface area contributed by atoms with Crippen LogP contribution in [0.4, 0.5) is 0 Å². The second kappa shape index (κ2) is 5.51. The molecule has 4 heteroatoms. The molecule has 0 radical (unpaired) electrons. The molecule has 0 bridgehead atoms. The quantitative estimate of drug-likeness (QED) is 0.598. The van der Waals surface area contributed by atoms with Gasteiger partial charge in [-0.2, -0.15) is 0 Å². The van der Waals surface area contributed by atoms with Crippen molar-refractivity contribution < 1.29 is 4.79 Å². The molecule has 1 aromatic carbocycles. The van der Waals surface area contributed by atoms with Gasteiger partial charge in [0, 0.05) is 10.0 Å². The minimum atomic E-state index is 0.138. The molecule has 1 heterocycles. The lowest BCUT2D eigenvalue weighted by molar-refractivity contribution is 0.104. The van der Waals surface area contributed by atoms with Crippen LogP contribution < -0.4 is 0 Å². The zero-order valence-corrected chi connectivity index (χ0v) is 14.1. The maximum atomic E-state index is 12.6. The molecule has 1 aliphatic carbocycles. The van der Waals surface area contributed by atoms with Gasteiger partial charge >= 0.3 is 0 Å². The second-order valence-corrected chi connectivity index (χ2v) is 8.00. The second-order valence-electron chi connectivity index (χ2n) is 4.78. The molecule has 1 aromatic heterocycles. The standard InChI is InChI=1S/C15H12Br2OS/c16-12-8-13(19-15(12)17)14(18)11-7-2-1-6-10(11)9-4-3-5-9/h1-2,6-9H,3-5H2. The number of halogens is 2. The summed E-state index contributed by atoms with van der Waals surface area (Å²) in [4.78, 5) is 13.4. The molecule has 3 rings (SSSR count). The van der Waals surface area contributed by atoms with Crippen LogP contribution in [-0.4, -0.2) is 5.78 Å². The normalized spacial score (nSPS) is 15.3. The van der Waals surface area contributed by atoms with Gasteiger partial charge in [-0.05, 0) is 62.2 Å². The molecular weight excluding hydrogens is 388 g/mol. The van der Waals surface area contributed by atoms with Crippen molar-refractivity contribution in [2.75, 3.05) is 0 Å². The van der Waals surface area contributed by atoms with Gasteiger partial charge < -0.3 is 0 Å². The van der Waals surface area contributed by atoms with E-state index in [1.54, 1.807) is 0 Å². The number of hydrogen-bond acceptors (Lipinski definition) is 2. The lowest BCUT2D eigenvalue weighted by Crippen LogP contribution is -2.13. The minimum absolute atomic E-state index is 0.138. The van der Waals surface area contributed by atoms with E-state index in [-0.39, 0.29) is 5.78 Å². The Balaban J connectivity index is 1.99. The van der Waals surface area contributed by atoms with E-state index < -0.39 is 0 Å². The smallest absolute Gasteiger partial charge is 0.203 e. The Morgan fingerprint density at radius 2 is 1.95 bits per heavy atom. The summed E-state index contributed by atoms with van der Waals surface area (Å²) in [6.45, 7) is 0. The maximum absolute atomic E-state index is 12.6. The first-order chi connectivity index (χ1) is 9.16. The predicted molar refractivity (Wildman–Crippen MR) is 86.2 cm³/mol. The fourth-order valence-electron chi connectivity index (χ4n) is 2.37. The molecule has 19 heavy (non-hydrogen) atoms. The van der Waals surface area contributed by atoms with Crippen LogP contribution in [0.15, 0.2) is 38.6 Å². The molecule has 0 atom stereocenters. The predicted octanol–water partition coefficient (Wildman–Crippen LogP) is 5.77. The lowest BCUT2D eigenvalue weighted by Gasteiger charge is -2.27. The van der Waals surface area contributed by atoms with Gasteiger partial charge in [-0.3, -0.25) is 4.79 Å². The fraction of sp³-hybridized carbons (Fsp3) is 0.267. The highest BCUT2D eigenvalue weighted by Crippen LogP contribution is 2.39. The van der Waals surface area contributed by atoms with Crippen LogP contribution in [0.5, 0.6) is 0 Å². The third kappa shape index (κ3) is 2.58. The molecule has 1 saturated carbocycles. The van der Waals surface area contributed by atoms with E-state index in [4.69, 9.17) is 0 Å². The van der Waals surface area contributed by atoms with E-state index in [0.717, 1.165) is 18.7 Å². The van der Waals surface area contributed by atoms with Crippen molar-refractivity contribution in [3.63, 3.8) is 0 Å². The van der Waals surface area contributed by atoms with E-state index in [0.29, 0.717) is 5.92 Å². The molecule has 2 aromatic rings. The first-order valence-electron chi connectivity index (χ1n) is 6.25. The summed E-state index contributed by atoms with van der Waals surface area (Å²) in [7, 11) is 0. The van der Waals surface area contributed by atoms with Gasteiger partial charge in [0.15, 0.2) is 0 Å². The van der Waals surface area contributed by atoms with Gasteiger partial charge in [0.25, 0.3) is 0 Å². The molecule has 1 fully saturated rings. The van der Waals surface area contributed by atoms with Crippen molar-refractivity contribution in [1.29, 1.82) is 0 Å². The Labute approximate surface area is 133 Å². The van der Waals surface area contributed by atoms with Gasteiger partial charge in [0.05, 0.1) is 8.66 Å². The van der Waals surface area contributed by atoms with E-state index >= 15 is 0 Å². The molecule has 1 aliphatic rings. The van der Waals surface area contributed by atoms with Crippen molar-refractivity contribution in [3.05, 3.63) is 54.6 Å². The van der Waals surface area contributed by atoms with E-state index in [9.17, 15) is 4.79 Å². The largest absolute Gasteiger partial charge is 0.288 e. The molecule has 0 aliphatic heterocycles. The Kier molecular flexibility index (Phi) is 3.92. The molecule has 0 N–H and O–H groups in total. The summed E-state index contributed by atoms with van der Waals surface area (Å²) < 4.78 is 1.92. The van der Waals surface area contributed by atoms with Crippen LogP contribution >= 0.6 is 43.2 Å². The topological polar surface area (TPSA) is 17.1 Å². The average molecular weight is 400 g/mol. The summed E-state index contributed by atoms with van der Waals surface area (Å²) in [5.74, 6) is 0.714. The number of carbonyl (C=O) groups excluding carboxylic acids is 1. The number of rotatable bonds is 3. The molecular formula is C15H12Br2OS. The number of benzene rings is 1. The van der Waals surface area contributed by atoms with Crippen LogP contribution in [0.25, 0.3) is 0 Å². The third-order valence-corrected chi connectivity index (χ3v) is 6.87. The molecule has 0 saturated heterocycles. The highest BCUT2D eigenvalue weighted by molar-refractivity contribution is 9.13. The zero-order valence-electron chi connectivity index (χ0n) is 10.2. The fourth-order valence-corrected chi connectivity index (χ4v) is 4.36. The summed E-state index contributed by atoms with van der Waals surface area (Å²) in [6, 6.07) is 9.94. The number of thiophene rings is 1. The molecule has 0 unspecified atom stereocenters. The highest BCUT2D eigenvalue weighted by atomic mass is 79.9. The monoisotopic (exact) mass is 398 g/mol. The Bertz CT molecular complexity index is 609. The Morgan fingerprint density at radius 1 is 1.21 bits per heavy atom. The SMILES string of the molecule is O=C(c1cc(Br)c(Br)s1)c1ccccc1C1CCC1. The maximum Gasteiger partial charge on any atom is 0.203 e. The van der Waals surface area contributed by atoms with Gasteiger partial charge in [0.1, 0.15) is 0 Å². The first-order valence-corrected chi connectivity index (χ1v) is 8.65. The summed E-state index contributed by atoms with van der Waals surface area (Å²) >= 11 is 8.37. The molecule has 1 nitrogen and oxygen atoms in total.